The minimum absolute atomic E-state index is 0.0591. The molecule has 2 spiro atoms. The Morgan fingerprint density at radius 3 is 1.35 bits per heavy atom. The quantitative estimate of drug-likeness (QED) is 0.560. The van der Waals surface area contributed by atoms with Crippen LogP contribution < -0.4 is 0 Å². The van der Waals surface area contributed by atoms with E-state index in [-0.39, 0.29) is 47.4 Å². The van der Waals surface area contributed by atoms with E-state index in [2.05, 4.69) is 0 Å². The lowest BCUT2D eigenvalue weighted by molar-refractivity contribution is -0.258. The van der Waals surface area contributed by atoms with Gasteiger partial charge in [-0.15, -0.1) is 0 Å². The molecule has 8 bridgehead atoms. The van der Waals surface area contributed by atoms with Gasteiger partial charge >= 0.3 is 11.9 Å². The number of hydrogen-bond acceptors (Lipinski definition) is 8. The first-order chi connectivity index (χ1) is 16.5. The zero-order valence-corrected chi connectivity index (χ0v) is 19.7. The highest BCUT2D eigenvalue weighted by Gasteiger charge is 3.03. The highest BCUT2D eigenvalue weighted by atomic mass is 16.7. The van der Waals surface area contributed by atoms with Crippen molar-refractivity contribution in [1.82, 2.24) is 0 Å². The standard InChI is InChI=1S/C26H32O8/c1-29-21(27)25-15-11-3-5-24(33-9-10-34-24)18(11)20-13(15)14-16(26(20,25)22(28)30-2)12-4-6-23(17(12)19(14)25)31-7-8-32-23/h11-20H,3-10H2,1-2H3/t11-,12+,13-,14-,15-,16+,17-,18-,19-,20+,25+,26+/m0/s1. The van der Waals surface area contributed by atoms with Crippen LogP contribution in [-0.2, 0) is 38.0 Å². The predicted molar refractivity (Wildman–Crippen MR) is 112 cm³/mol. The molecule has 0 N–H and O–H groups in total. The van der Waals surface area contributed by atoms with Gasteiger partial charge in [-0.25, -0.2) is 0 Å². The third kappa shape index (κ3) is 1.53. The first kappa shape index (κ1) is 19.9. The van der Waals surface area contributed by atoms with Crippen LogP contribution in [0, 0.1) is 70.0 Å². The molecule has 10 rings (SSSR count). The van der Waals surface area contributed by atoms with E-state index in [0.29, 0.717) is 50.1 Å². The SMILES string of the molecule is COC(=O)[C@@]12[C@@H]3[C@H]4CCC5(OCCO5)[C@@H]4[C@@H]4[C@H]3[C@@H]3[C@@H]1[C@@H]1[C@@H](CCC15OCCO5)[C@@H]3[C@]42C(=O)OC. The second kappa shape index (κ2) is 5.68. The van der Waals surface area contributed by atoms with Gasteiger partial charge in [-0.2, -0.15) is 0 Å². The maximum atomic E-state index is 14.2. The second-order valence-electron chi connectivity index (χ2n) is 12.5. The van der Waals surface area contributed by atoms with Crippen LogP contribution in [-0.4, -0.2) is 64.2 Å². The lowest BCUT2D eigenvalue weighted by Gasteiger charge is -2.59. The molecule has 184 valence electrons. The molecule has 10 aliphatic rings. The molecule has 10 fully saturated rings. The van der Waals surface area contributed by atoms with E-state index in [1.807, 2.05) is 0 Å². The maximum Gasteiger partial charge on any atom is 0.313 e. The molecular formula is C26H32O8. The summed E-state index contributed by atoms with van der Waals surface area (Å²) in [7, 11) is 2.99. The number of fused-ring (bicyclic) bond motifs is 4. The van der Waals surface area contributed by atoms with Gasteiger partial charge in [-0.1, -0.05) is 0 Å². The largest absolute Gasteiger partial charge is 0.469 e. The molecule has 2 saturated heterocycles. The van der Waals surface area contributed by atoms with Crippen molar-refractivity contribution in [2.24, 2.45) is 70.0 Å². The highest BCUT2D eigenvalue weighted by molar-refractivity contribution is 5.94. The molecule has 2 heterocycles. The van der Waals surface area contributed by atoms with Gasteiger partial charge in [-0.05, 0) is 60.2 Å². The van der Waals surface area contributed by atoms with Crippen molar-refractivity contribution in [1.29, 1.82) is 0 Å². The number of methoxy groups -OCH3 is 2. The summed E-state index contributed by atoms with van der Waals surface area (Å²) in [6.45, 7) is 2.43. The Kier molecular flexibility index (Phi) is 3.33. The van der Waals surface area contributed by atoms with E-state index in [1.165, 1.54) is 14.2 Å². The minimum atomic E-state index is -0.849. The molecule has 0 radical (unpaired) electrons. The van der Waals surface area contributed by atoms with Gasteiger partial charge in [0.05, 0.1) is 51.5 Å². The number of carbonyl (C=O) groups is 2. The number of ether oxygens (including phenoxy) is 6. The molecular weight excluding hydrogens is 440 g/mol. The van der Waals surface area contributed by atoms with E-state index in [0.717, 1.165) is 25.7 Å². The molecule has 34 heavy (non-hydrogen) atoms. The fourth-order valence-corrected chi connectivity index (χ4v) is 13.3. The Bertz CT molecular complexity index is 934. The van der Waals surface area contributed by atoms with E-state index < -0.39 is 22.4 Å². The van der Waals surface area contributed by atoms with E-state index >= 15 is 0 Å². The number of esters is 2. The third-order valence-electron chi connectivity index (χ3n) is 12.8. The zero-order chi connectivity index (χ0) is 22.8. The van der Waals surface area contributed by atoms with Crippen molar-refractivity contribution in [2.45, 2.75) is 37.3 Å². The lowest BCUT2D eigenvalue weighted by atomic mass is 9.43. The van der Waals surface area contributed by atoms with Crippen LogP contribution in [0.1, 0.15) is 25.7 Å². The van der Waals surface area contributed by atoms with Crippen molar-refractivity contribution in [3.63, 3.8) is 0 Å². The molecule has 8 heteroatoms. The number of hydrogen-bond donors (Lipinski definition) is 0. The summed E-state index contributed by atoms with van der Waals surface area (Å²) in [5, 5.41) is 0. The molecule has 0 aromatic heterocycles. The average Bonchev–Trinajstić information content (AvgIpc) is 3.69. The van der Waals surface area contributed by atoms with E-state index in [4.69, 9.17) is 28.4 Å². The van der Waals surface area contributed by atoms with Gasteiger partial charge in [0.25, 0.3) is 0 Å². The van der Waals surface area contributed by atoms with Crippen molar-refractivity contribution in [3.05, 3.63) is 0 Å². The summed E-state index contributed by atoms with van der Waals surface area (Å²) in [4.78, 5) is 28.3. The highest BCUT2D eigenvalue weighted by Crippen LogP contribution is 2.98. The summed E-state index contributed by atoms with van der Waals surface area (Å²) in [6.07, 6.45) is 3.66. The summed E-state index contributed by atoms with van der Waals surface area (Å²) in [5.41, 5.74) is -1.70. The molecule has 0 aromatic rings. The van der Waals surface area contributed by atoms with Gasteiger partial charge < -0.3 is 28.4 Å². The number of carbonyl (C=O) groups excluding carboxylic acids is 2. The van der Waals surface area contributed by atoms with Gasteiger partial charge in [0, 0.05) is 24.7 Å². The lowest BCUT2D eigenvalue weighted by Crippen LogP contribution is -2.68. The van der Waals surface area contributed by atoms with Crippen LogP contribution in [0.4, 0.5) is 0 Å². The Hall–Kier alpha value is -1.22. The Balaban J connectivity index is 1.29. The normalized spacial score (nSPS) is 59.0. The number of rotatable bonds is 2. The second-order valence-corrected chi connectivity index (χ2v) is 12.5. The van der Waals surface area contributed by atoms with Gasteiger partial charge in [0.15, 0.2) is 11.6 Å². The topological polar surface area (TPSA) is 89.5 Å². The Morgan fingerprint density at radius 1 is 0.618 bits per heavy atom. The van der Waals surface area contributed by atoms with E-state index in [1.54, 1.807) is 0 Å². The van der Waals surface area contributed by atoms with Crippen molar-refractivity contribution >= 4 is 11.9 Å². The fourth-order valence-electron chi connectivity index (χ4n) is 13.3. The fraction of sp³-hybridized carbons (Fsp3) is 0.923. The Morgan fingerprint density at radius 2 is 1.00 bits per heavy atom. The van der Waals surface area contributed by atoms with Crippen molar-refractivity contribution in [2.75, 3.05) is 40.6 Å². The van der Waals surface area contributed by atoms with Gasteiger partial charge in [0.2, 0.25) is 0 Å². The molecule has 12 atom stereocenters. The molecule has 8 saturated carbocycles. The summed E-state index contributed by atoms with van der Waals surface area (Å²) < 4.78 is 36.6. The third-order valence-corrected chi connectivity index (χ3v) is 12.8. The molecule has 2 aliphatic heterocycles. The first-order valence-corrected chi connectivity index (χ1v) is 13.3. The molecule has 8 nitrogen and oxygen atoms in total. The monoisotopic (exact) mass is 472 g/mol. The zero-order valence-electron chi connectivity index (χ0n) is 19.7. The predicted octanol–water partition coefficient (Wildman–Crippen LogP) is 1.61. The van der Waals surface area contributed by atoms with Crippen LogP contribution in [0.15, 0.2) is 0 Å². The van der Waals surface area contributed by atoms with Crippen molar-refractivity contribution < 1.29 is 38.0 Å². The smallest absolute Gasteiger partial charge is 0.313 e. The molecule has 8 aliphatic carbocycles. The van der Waals surface area contributed by atoms with Crippen LogP contribution in [0.5, 0.6) is 0 Å². The maximum absolute atomic E-state index is 14.2. The molecule has 0 aromatic carbocycles. The first-order valence-electron chi connectivity index (χ1n) is 13.3. The van der Waals surface area contributed by atoms with Crippen LogP contribution >= 0.6 is 0 Å². The summed E-state index contributed by atoms with van der Waals surface area (Å²) in [5.74, 6) is 0.347. The minimum Gasteiger partial charge on any atom is -0.469 e. The van der Waals surface area contributed by atoms with Gasteiger partial charge in [0.1, 0.15) is 0 Å². The van der Waals surface area contributed by atoms with E-state index in [9.17, 15) is 9.59 Å². The molecule has 0 unspecified atom stereocenters. The van der Waals surface area contributed by atoms with Gasteiger partial charge in [-0.3, -0.25) is 9.59 Å². The average molecular weight is 473 g/mol. The Labute approximate surface area is 198 Å². The van der Waals surface area contributed by atoms with Crippen LogP contribution in [0.3, 0.4) is 0 Å². The summed E-state index contributed by atoms with van der Waals surface area (Å²) in [6, 6.07) is 0. The summed E-state index contributed by atoms with van der Waals surface area (Å²) >= 11 is 0. The van der Waals surface area contributed by atoms with Crippen molar-refractivity contribution in [3.8, 4) is 0 Å². The molecule has 0 amide bonds. The van der Waals surface area contributed by atoms with Crippen LogP contribution in [0.25, 0.3) is 0 Å². The van der Waals surface area contributed by atoms with Crippen LogP contribution in [0.2, 0.25) is 0 Å².